The molecule has 0 fully saturated rings. The van der Waals surface area contributed by atoms with E-state index in [1.165, 1.54) is 6.26 Å². The Kier molecular flexibility index (Phi) is 4.20. The van der Waals surface area contributed by atoms with Gasteiger partial charge in [0.2, 0.25) is 0 Å². The lowest BCUT2D eigenvalue weighted by atomic mass is 10.2. The summed E-state index contributed by atoms with van der Waals surface area (Å²) < 4.78 is 12.5. The van der Waals surface area contributed by atoms with E-state index in [1.54, 1.807) is 41.1 Å². The van der Waals surface area contributed by atoms with Crippen molar-refractivity contribution in [2.75, 3.05) is 6.61 Å². The number of hydrogen-bond acceptors (Lipinski definition) is 5. The fourth-order valence-corrected chi connectivity index (χ4v) is 2.14. The maximum atomic E-state index is 11.1. The molecular formula is C15H12ClN3O3. The average molecular weight is 318 g/mol. The zero-order valence-corrected chi connectivity index (χ0v) is 12.2. The van der Waals surface area contributed by atoms with Crippen LogP contribution in [0.2, 0.25) is 5.02 Å². The molecule has 2 aromatic heterocycles. The molecule has 3 aromatic rings. The van der Waals surface area contributed by atoms with Gasteiger partial charge in [-0.15, -0.1) is 5.10 Å². The van der Waals surface area contributed by atoms with Gasteiger partial charge in [0.05, 0.1) is 12.8 Å². The average Bonchev–Trinajstić information content (AvgIpc) is 3.17. The highest BCUT2D eigenvalue weighted by atomic mass is 35.5. The largest absolute Gasteiger partial charge is 0.492 e. The van der Waals surface area contributed by atoms with Crippen molar-refractivity contribution < 1.29 is 13.9 Å². The number of carbonyl (C=O) groups excluding carboxylic acids is 1. The third kappa shape index (κ3) is 3.01. The predicted molar refractivity (Wildman–Crippen MR) is 80.1 cm³/mol. The Morgan fingerprint density at radius 3 is 2.77 bits per heavy atom. The van der Waals surface area contributed by atoms with Crippen molar-refractivity contribution in [2.24, 2.45) is 0 Å². The zero-order valence-electron chi connectivity index (χ0n) is 11.5. The van der Waals surface area contributed by atoms with E-state index in [9.17, 15) is 4.79 Å². The molecule has 0 spiro atoms. The molecule has 0 saturated heterocycles. The van der Waals surface area contributed by atoms with E-state index in [1.807, 2.05) is 0 Å². The summed E-state index contributed by atoms with van der Waals surface area (Å²) >= 11 is 5.82. The van der Waals surface area contributed by atoms with Crippen LogP contribution in [-0.2, 0) is 6.54 Å². The van der Waals surface area contributed by atoms with Crippen molar-refractivity contribution in [3.8, 4) is 17.2 Å². The van der Waals surface area contributed by atoms with Gasteiger partial charge < -0.3 is 9.15 Å². The summed E-state index contributed by atoms with van der Waals surface area (Å²) in [5.74, 6) is 1.25. The highest BCUT2D eigenvalue weighted by Crippen LogP contribution is 2.22. The molecule has 0 atom stereocenters. The second-order valence-corrected chi connectivity index (χ2v) is 4.88. The van der Waals surface area contributed by atoms with Gasteiger partial charge in [-0.2, -0.15) is 0 Å². The molecule has 1 aromatic carbocycles. The first-order chi connectivity index (χ1) is 10.8. The molecule has 22 heavy (non-hydrogen) atoms. The first-order valence-corrected chi connectivity index (χ1v) is 6.96. The molecule has 0 aliphatic rings. The quantitative estimate of drug-likeness (QED) is 0.653. The molecule has 0 saturated carbocycles. The number of hydrogen-bond donors (Lipinski definition) is 0. The first kappa shape index (κ1) is 14.3. The Hall–Kier alpha value is -2.60. The third-order valence-electron chi connectivity index (χ3n) is 3.01. The van der Waals surface area contributed by atoms with Gasteiger partial charge in [-0.1, -0.05) is 16.8 Å². The van der Waals surface area contributed by atoms with E-state index in [0.717, 1.165) is 0 Å². The maximum absolute atomic E-state index is 11.1. The van der Waals surface area contributed by atoms with E-state index in [0.29, 0.717) is 41.7 Å². The molecule has 0 amide bonds. The molecule has 0 radical (unpaired) electrons. The van der Waals surface area contributed by atoms with Gasteiger partial charge in [-0.3, -0.25) is 4.79 Å². The van der Waals surface area contributed by atoms with Gasteiger partial charge in [0.15, 0.2) is 17.7 Å². The number of aromatic nitrogens is 3. The molecule has 0 aliphatic heterocycles. The van der Waals surface area contributed by atoms with Gasteiger partial charge in [0, 0.05) is 5.02 Å². The fourth-order valence-electron chi connectivity index (χ4n) is 2.01. The van der Waals surface area contributed by atoms with Crippen LogP contribution in [0, 0.1) is 0 Å². The summed E-state index contributed by atoms with van der Waals surface area (Å²) in [7, 11) is 0. The van der Waals surface area contributed by atoms with E-state index < -0.39 is 0 Å². The molecule has 0 bridgehead atoms. The van der Waals surface area contributed by atoms with Crippen LogP contribution in [0.4, 0.5) is 0 Å². The summed E-state index contributed by atoms with van der Waals surface area (Å²) in [5.41, 5.74) is 0.779. The minimum atomic E-state index is 0.237. The minimum absolute atomic E-state index is 0.237. The molecule has 112 valence electrons. The van der Waals surface area contributed by atoms with E-state index in [4.69, 9.17) is 20.8 Å². The monoisotopic (exact) mass is 317 g/mol. The number of carbonyl (C=O) groups is 1. The lowest BCUT2D eigenvalue weighted by Crippen LogP contribution is -2.11. The fraction of sp³-hybridized carbons (Fsp3) is 0.133. The van der Waals surface area contributed by atoms with Crippen molar-refractivity contribution >= 4 is 17.9 Å². The Morgan fingerprint density at radius 2 is 2.09 bits per heavy atom. The SMILES string of the molecule is O=Cc1nnn(CCOc2ccc(Cl)cc2)c1-c1ccco1. The van der Waals surface area contributed by atoms with Crippen LogP contribution in [0.5, 0.6) is 5.75 Å². The third-order valence-corrected chi connectivity index (χ3v) is 3.26. The lowest BCUT2D eigenvalue weighted by molar-refractivity contribution is 0.111. The minimum Gasteiger partial charge on any atom is -0.492 e. The predicted octanol–water partition coefficient (Wildman–Crippen LogP) is 3.08. The smallest absolute Gasteiger partial charge is 0.172 e. The van der Waals surface area contributed by atoms with Crippen molar-refractivity contribution in [3.63, 3.8) is 0 Å². The molecule has 0 N–H and O–H groups in total. The van der Waals surface area contributed by atoms with E-state index in [2.05, 4.69) is 10.3 Å². The molecule has 3 rings (SSSR count). The van der Waals surface area contributed by atoms with Crippen molar-refractivity contribution in [3.05, 3.63) is 53.4 Å². The Morgan fingerprint density at radius 1 is 1.27 bits per heavy atom. The number of nitrogens with zero attached hydrogens (tertiary/aromatic N) is 3. The summed E-state index contributed by atoms with van der Waals surface area (Å²) in [5, 5.41) is 8.45. The highest BCUT2D eigenvalue weighted by molar-refractivity contribution is 6.30. The van der Waals surface area contributed by atoms with Crippen LogP contribution in [-0.4, -0.2) is 27.9 Å². The van der Waals surface area contributed by atoms with Crippen LogP contribution >= 0.6 is 11.6 Å². The normalized spacial score (nSPS) is 10.6. The number of rotatable bonds is 6. The molecule has 0 unspecified atom stereocenters. The van der Waals surface area contributed by atoms with E-state index in [-0.39, 0.29) is 5.69 Å². The van der Waals surface area contributed by atoms with Crippen LogP contribution < -0.4 is 4.74 Å². The summed E-state index contributed by atoms with van der Waals surface area (Å²) in [6.07, 6.45) is 2.19. The topological polar surface area (TPSA) is 70.2 Å². The van der Waals surface area contributed by atoms with Crippen LogP contribution in [0.1, 0.15) is 10.5 Å². The molecular weight excluding hydrogens is 306 g/mol. The Labute approximate surface area is 131 Å². The van der Waals surface area contributed by atoms with Crippen molar-refractivity contribution in [1.29, 1.82) is 0 Å². The van der Waals surface area contributed by atoms with Gasteiger partial charge in [-0.05, 0) is 36.4 Å². The molecule has 0 aliphatic carbocycles. The Bertz CT molecular complexity index is 751. The van der Waals surface area contributed by atoms with Gasteiger partial charge in [0.1, 0.15) is 18.1 Å². The summed E-state index contributed by atoms with van der Waals surface area (Å²) in [4.78, 5) is 11.1. The number of halogens is 1. The number of benzene rings is 1. The van der Waals surface area contributed by atoms with Gasteiger partial charge in [0.25, 0.3) is 0 Å². The van der Waals surface area contributed by atoms with Crippen molar-refractivity contribution in [1.82, 2.24) is 15.0 Å². The molecule has 6 nitrogen and oxygen atoms in total. The number of aldehydes is 1. The summed E-state index contributed by atoms with van der Waals surface area (Å²) in [6.45, 7) is 0.802. The second-order valence-electron chi connectivity index (χ2n) is 4.44. The maximum Gasteiger partial charge on any atom is 0.172 e. The van der Waals surface area contributed by atoms with Crippen LogP contribution in [0.25, 0.3) is 11.5 Å². The first-order valence-electron chi connectivity index (χ1n) is 6.59. The zero-order chi connectivity index (χ0) is 15.4. The van der Waals surface area contributed by atoms with Gasteiger partial charge in [-0.25, -0.2) is 4.68 Å². The second kappa shape index (κ2) is 6.44. The Balaban J connectivity index is 1.72. The van der Waals surface area contributed by atoms with E-state index >= 15 is 0 Å². The number of ether oxygens (including phenoxy) is 1. The van der Waals surface area contributed by atoms with Crippen molar-refractivity contribution in [2.45, 2.75) is 6.54 Å². The number of furan rings is 1. The molecule has 2 heterocycles. The lowest BCUT2D eigenvalue weighted by Gasteiger charge is -2.07. The summed E-state index contributed by atoms with van der Waals surface area (Å²) in [6, 6.07) is 10.6. The van der Waals surface area contributed by atoms with Crippen LogP contribution in [0.15, 0.2) is 47.1 Å². The standard InChI is InChI=1S/C15H12ClN3O3/c16-11-3-5-12(6-4-11)21-9-7-19-15(13(10-20)17-18-19)14-2-1-8-22-14/h1-6,8,10H,7,9H2. The van der Waals surface area contributed by atoms with Gasteiger partial charge >= 0.3 is 0 Å². The molecule has 7 heteroatoms. The highest BCUT2D eigenvalue weighted by Gasteiger charge is 2.16. The van der Waals surface area contributed by atoms with Crippen LogP contribution in [0.3, 0.4) is 0 Å².